The molecule has 0 aromatic carbocycles. The van der Waals surface area contributed by atoms with E-state index < -0.39 is 0 Å². The molecule has 2 heterocycles. The molecule has 0 aromatic heterocycles. The van der Waals surface area contributed by atoms with Crippen molar-refractivity contribution in [3.8, 4) is 0 Å². The molecule has 0 atom stereocenters. The molecule has 0 aromatic rings. The second-order valence-corrected chi connectivity index (χ2v) is 7.41. The Kier molecular flexibility index (Phi) is 10.9. The van der Waals surface area contributed by atoms with Gasteiger partial charge in [0.25, 0.3) is 0 Å². The smallest absolute Gasteiger partial charge is 0.0786 e. The number of nitrogens with zero attached hydrogens (tertiary/aromatic N) is 2. The Bertz CT molecular complexity index is 221. The number of quaternary nitrogens is 2. The van der Waals surface area contributed by atoms with Crippen LogP contribution in [-0.4, -0.2) is 62.3 Å². The van der Waals surface area contributed by atoms with Crippen molar-refractivity contribution in [3.05, 3.63) is 0 Å². The predicted molar refractivity (Wildman–Crippen MR) is 78.5 cm³/mol. The van der Waals surface area contributed by atoms with Crippen molar-refractivity contribution in [1.82, 2.24) is 0 Å². The lowest BCUT2D eigenvalue weighted by molar-refractivity contribution is -0.920. The van der Waals surface area contributed by atoms with Crippen molar-refractivity contribution in [1.29, 1.82) is 0 Å². The fourth-order valence-electron chi connectivity index (χ4n) is 3.99. The van der Waals surface area contributed by atoms with Gasteiger partial charge in [-0.2, -0.15) is 0 Å². The number of unbranched alkanes of at least 4 members (excludes halogenated alkanes) is 1. The second kappa shape index (κ2) is 10.2. The standard InChI is InChI=1S/C16H34N2.2HI/c1-17(11-5-3-6-12-17)15-9-10-16-18(2)13-7-4-8-14-18;;/h3-16H2,1-2H3;2*1H/q+2;;/p-2. The summed E-state index contributed by atoms with van der Waals surface area (Å²) in [6, 6.07) is 0. The lowest BCUT2D eigenvalue weighted by atomic mass is 10.1. The van der Waals surface area contributed by atoms with Crippen molar-refractivity contribution in [2.75, 3.05) is 53.4 Å². The first-order valence-electron chi connectivity index (χ1n) is 8.29. The van der Waals surface area contributed by atoms with Gasteiger partial charge >= 0.3 is 0 Å². The molecule has 0 aliphatic carbocycles. The molecule has 2 aliphatic heterocycles. The molecule has 0 bridgehead atoms. The minimum Gasteiger partial charge on any atom is -1.00 e. The van der Waals surface area contributed by atoms with Crippen LogP contribution in [0.2, 0.25) is 0 Å². The maximum atomic E-state index is 2.48. The van der Waals surface area contributed by atoms with Crippen LogP contribution in [0.1, 0.15) is 51.4 Å². The van der Waals surface area contributed by atoms with E-state index in [-0.39, 0.29) is 48.0 Å². The number of rotatable bonds is 5. The number of halogens is 2. The summed E-state index contributed by atoms with van der Waals surface area (Å²) in [5.74, 6) is 0. The Balaban J connectivity index is 0.00000180. The summed E-state index contributed by atoms with van der Waals surface area (Å²) >= 11 is 0. The normalized spacial score (nSPS) is 24.3. The van der Waals surface area contributed by atoms with Crippen LogP contribution >= 0.6 is 0 Å². The van der Waals surface area contributed by atoms with Gasteiger partial charge in [-0.25, -0.2) is 0 Å². The highest BCUT2D eigenvalue weighted by atomic mass is 127. The van der Waals surface area contributed by atoms with Crippen LogP contribution in [0.5, 0.6) is 0 Å². The molecule has 2 rings (SSSR count). The van der Waals surface area contributed by atoms with Crippen molar-refractivity contribution >= 4 is 0 Å². The maximum absolute atomic E-state index is 2.48. The average molecular weight is 508 g/mol. The van der Waals surface area contributed by atoms with E-state index in [0.717, 1.165) is 0 Å². The molecule has 20 heavy (non-hydrogen) atoms. The van der Waals surface area contributed by atoms with Gasteiger partial charge in [0.05, 0.1) is 53.4 Å². The highest BCUT2D eigenvalue weighted by Crippen LogP contribution is 2.19. The first-order valence-corrected chi connectivity index (χ1v) is 8.29. The van der Waals surface area contributed by atoms with Gasteiger partial charge in [-0.15, -0.1) is 0 Å². The summed E-state index contributed by atoms with van der Waals surface area (Å²) < 4.78 is 2.73. The van der Waals surface area contributed by atoms with Gasteiger partial charge in [-0.1, -0.05) is 0 Å². The Hall–Kier alpha value is 1.38. The lowest BCUT2D eigenvalue weighted by Gasteiger charge is -2.39. The molecule has 2 nitrogen and oxygen atoms in total. The fraction of sp³-hybridized carbons (Fsp3) is 1.00. The van der Waals surface area contributed by atoms with Gasteiger partial charge in [0, 0.05) is 12.8 Å². The molecular weight excluding hydrogens is 474 g/mol. The van der Waals surface area contributed by atoms with E-state index in [2.05, 4.69) is 14.1 Å². The molecule has 4 heteroatoms. The van der Waals surface area contributed by atoms with Crippen LogP contribution in [0.25, 0.3) is 0 Å². The summed E-state index contributed by atoms with van der Waals surface area (Å²) in [6.45, 7) is 8.61. The van der Waals surface area contributed by atoms with Crippen LogP contribution in [0, 0.1) is 0 Å². The van der Waals surface area contributed by atoms with Crippen LogP contribution in [0.4, 0.5) is 0 Å². The Morgan fingerprint density at radius 3 is 1.15 bits per heavy atom. The summed E-state index contributed by atoms with van der Waals surface area (Å²) in [7, 11) is 4.96. The topological polar surface area (TPSA) is 0 Å². The number of hydrogen-bond donors (Lipinski definition) is 0. The highest BCUT2D eigenvalue weighted by molar-refractivity contribution is 4.54. The fourth-order valence-corrected chi connectivity index (χ4v) is 3.99. The van der Waals surface area contributed by atoms with Crippen molar-refractivity contribution in [2.45, 2.75) is 51.4 Å². The summed E-state index contributed by atoms with van der Waals surface area (Å²) in [5.41, 5.74) is 0. The van der Waals surface area contributed by atoms with Crippen LogP contribution < -0.4 is 48.0 Å². The van der Waals surface area contributed by atoms with Gasteiger partial charge in [0.2, 0.25) is 0 Å². The maximum Gasteiger partial charge on any atom is 0.0786 e. The molecule has 0 amide bonds. The Labute approximate surface area is 160 Å². The van der Waals surface area contributed by atoms with Gasteiger partial charge in [0.15, 0.2) is 0 Å². The van der Waals surface area contributed by atoms with Crippen LogP contribution in [0.15, 0.2) is 0 Å². The van der Waals surface area contributed by atoms with Gasteiger partial charge in [-0.3, -0.25) is 0 Å². The molecule has 2 fully saturated rings. The van der Waals surface area contributed by atoms with Crippen molar-refractivity contribution in [2.24, 2.45) is 0 Å². The van der Waals surface area contributed by atoms with Gasteiger partial charge in [-0.05, 0) is 38.5 Å². The quantitative estimate of drug-likeness (QED) is 0.212. The van der Waals surface area contributed by atoms with Crippen molar-refractivity contribution < 1.29 is 56.9 Å². The molecule has 2 aliphatic rings. The number of likely N-dealkylation sites (tertiary alicyclic amines) is 2. The van der Waals surface area contributed by atoms with Crippen LogP contribution in [0.3, 0.4) is 0 Å². The highest BCUT2D eigenvalue weighted by Gasteiger charge is 2.26. The predicted octanol–water partition coefficient (Wildman–Crippen LogP) is -2.96. The van der Waals surface area contributed by atoms with E-state index in [1.165, 1.54) is 99.6 Å². The molecule has 0 saturated carbocycles. The summed E-state index contributed by atoms with van der Waals surface area (Å²) in [6.07, 6.45) is 11.7. The zero-order chi connectivity index (χ0) is 12.9. The second-order valence-electron chi connectivity index (χ2n) is 7.41. The lowest BCUT2D eigenvalue weighted by Crippen LogP contribution is -3.00. The SMILES string of the molecule is C[N+]1(CCCC[N+]2(C)CCCCC2)CCCCC1.[I-].[I-]. The van der Waals surface area contributed by atoms with E-state index in [4.69, 9.17) is 0 Å². The number of piperidine rings is 2. The first-order chi connectivity index (χ1) is 8.62. The van der Waals surface area contributed by atoms with E-state index in [1.807, 2.05) is 0 Å². The molecule has 122 valence electrons. The number of hydrogen-bond acceptors (Lipinski definition) is 0. The van der Waals surface area contributed by atoms with E-state index in [9.17, 15) is 0 Å². The van der Waals surface area contributed by atoms with Gasteiger partial charge in [0.1, 0.15) is 0 Å². The monoisotopic (exact) mass is 508 g/mol. The minimum atomic E-state index is 0. The largest absolute Gasteiger partial charge is 1.00 e. The average Bonchev–Trinajstić information content (AvgIpc) is 2.37. The molecule has 0 spiro atoms. The Morgan fingerprint density at radius 1 is 0.550 bits per heavy atom. The van der Waals surface area contributed by atoms with E-state index >= 15 is 0 Å². The summed E-state index contributed by atoms with van der Waals surface area (Å²) in [5, 5.41) is 0. The minimum absolute atomic E-state index is 0. The zero-order valence-electron chi connectivity index (χ0n) is 13.5. The third-order valence-electron chi connectivity index (χ3n) is 5.44. The van der Waals surface area contributed by atoms with E-state index in [1.54, 1.807) is 0 Å². The molecule has 0 unspecified atom stereocenters. The van der Waals surface area contributed by atoms with Crippen molar-refractivity contribution in [3.63, 3.8) is 0 Å². The molecule has 0 N–H and O–H groups in total. The molecule has 0 radical (unpaired) electrons. The first kappa shape index (κ1) is 21.4. The zero-order valence-corrected chi connectivity index (χ0v) is 17.9. The third kappa shape index (κ3) is 7.09. The van der Waals surface area contributed by atoms with E-state index in [0.29, 0.717) is 0 Å². The Morgan fingerprint density at radius 2 is 0.850 bits per heavy atom. The molecular formula is C16H34I2N2. The van der Waals surface area contributed by atoms with Crippen LogP contribution in [-0.2, 0) is 0 Å². The summed E-state index contributed by atoms with van der Waals surface area (Å²) in [4.78, 5) is 0. The third-order valence-corrected chi connectivity index (χ3v) is 5.44. The molecule has 2 saturated heterocycles. The van der Waals surface area contributed by atoms with Gasteiger partial charge < -0.3 is 56.9 Å².